The third-order valence-electron chi connectivity index (χ3n) is 5.15. The summed E-state index contributed by atoms with van der Waals surface area (Å²) in [6.45, 7) is 2.32. The van der Waals surface area contributed by atoms with Crippen molar-refractivity contribution in [2.45, 2.75) is 32.0 Å². The van der Waals surface area contributed by atoms with E-state index in [9.17, 15) is 22.8 Å². The van der Waals surface area contributed by atoms with Crippen LogP contribution in [-0.4, -0.2) is 36.1 Å². The van der Waals surface area contributed by atoms with E-state index in [1.165, 1.54) is 19.1 Å². The number of anilines is 2. The van der Waals surface area contributed by atoms with Gasteiger partial charge in [-0.25, -0.2) is 4.98 Å². The zero-order chi connectivity index (χ0) is 23.3. The molecule has 32 heavy (non-hydrogen) atoms. The van der Waals surface area contributed by atoms with Crippen LogP contribution in [0.1, 0.15) is 30.9 Å². The van der Waals surface area contributed by atoms with E-state index >= 15 is 0 Å². The van der Waals surface area contributed by atoms with Gasteiger partial charge in [-0.3, -0.25) is 9.59 Å². The van der Waals surface area contributed by atoms with E-state index in [1.807, 2.05) is 11.0 Å². The SMILES string of the molecule is C[C@H](OC(=O)C1CCN(c2ccc(C(F)(F)F)cn2)CC1)C(=O)Nc1cccc(C#N)c1. The summed E-state index contributed by atoms with van der Waals surface area (Å²) >= 11 is 0. The summed E-state index contributed by atoms with van der Waals surface area (Å²) < 4.78 is 43.3. The summed E-state index contributed by atoms with van der Waals surface area (Å²) in [5.41, 5.74) is 0.00219. The first-order valence-corrected chi connectivity index (χ1v) is 9.97. The van der Waals surface area contributed by atoms with Crippen LogP contribution in [0, 0.1) is 17.2 Å². The molecule has 1 atom stereocenters. The van der Waals surface area contributed by atoms with Crippen LogP contribution in [0.25, 0.3) is 0 Å². The molecule has 7 nitrogen and oxygen atoms in total. The molecule has 3 rings (SSSR count). The minimum absolute atomic E-state index is 0.391. The Labute approximate surface area is 182 Å². The molecular weight excluding hydrogens is 425 g/mol. The van der Waals surface area contributed by atoms with Crippen LogP contribution in [0.3, 0.4) is 0 Å². The molecule has 2 heterocycles. The van der Waals surface area contributed by atoms with Crippen LogP contribution in [0.15, 0.2) is 42.6 Å². The first kappa shape index (κ1) is 23.1. The Bertz CT molecular complexity index is 1010. The molecule has 1 aromatic carbocycles. The molecule has 1 aliphatic heterocycles. The molecule has 0 bridgehead atoms. The number of hydrogen-bond donors (Lipinski definition) is 1. The lowest BCUT2D eigenvalue weighted by Crippen LogP contribution is -2.39. The Morgan fingerprint density at radius 3 is 2.56 bits per heavy atom. The standard InChI is InChI=1S/C22H21F3N4O3/c1-14(20(30)28-18-4-2-3-15(11-18)12-26)32-21(31)16-7-9-29(10-8-16)19-6-5-17(13-27-19)22(23,24)25/h2-6,11,13-14,16H,7-10H2,1H3,(H,28,30)/t14-/m0/s1. The fourth-order valence-corrected chi connectivity index (χ4v) is 3.32. The molecule has 1 aliphatic rings. The van der Waals surface area contributed by atoms with Crippen molar-refractivity contribution in [1.29, 1.82) is 5.26 Å². The number of aromatic nitrogens is 1. The van der Waals surface area contributed by atoms with Gasteiger partial charge in [0.2, 0.25) is 0 Å². The number of rotatable bonds is 5. The highest BCUT2D eigenvalue weighted by Gasteiger charge is 2.32. The summed E-state index contributed by atoms with van der Waals surface area (Å²) in [5.74, 6) is -1.02. The molecule has 10 heteroatoms. The van der Waals surface area contributed by atoms with Crippen LogP contribution >= 0.6 is 0 Å². The minimum atomic E-state index is -4.44. The second kappa shape index (κ2) is 9.68. The van der Waals surface area contributed by atoms with Crippen molar-refractivity contribution in [2.24, 2.45) is 5.92 Å². The molecule has 1 fully saturated rings. The second-order valence-electron chi connectivity index (χ2n) is 7.43. The number of nitrogens with zero attached hydrogens (tertiary/aromatic N) is 3. The average Bonchev–Trinajstić information content (AvgIpc) is 2.78. The van der Waals surface area contributed by atoms with Crippen LogP contribution in [0.4, 0.5) is 24.7 Å². The molecule has 1 saturated heterocycles. The van der Waals surface area contributed by atoms with Gasteiger partial charge in [-0.1, -0.05) is 6.07 Å². The van der Waals surface area contributed by atoms with Gasteiger partial charge in [-0.05, 0) is 50.1 Å². The van der Waals surface area contributed by atoms with Crippen molar-refractivity contribution < 1.29 is 27.5 Å². The lowest BCUT2D eigenvalue weighted by molar-refractivity contribution is -0.158. The third-order valence-corrected chi connectivity index (χ3v) is 5.15. The number of ether oxygens (including phenoxy) is 1. The maximum Gasteiger partial charge on any atom is 0.417 e. The number of carbonyl (C=O) groups is 2. The summed E-state index contributed by atoms with van der Waals surface area (Å²) in [4.78, 5) is 30.4. The predicted molar refractivity (Wildman–Crippen MR) is 110 cm³/mol. The number of alkyl halides is 3. The Hall–Kier alpha value is -3.61. The molecule has 0 aliphatic carbocycles. The minimum Gasteiger partial charge on any atom is -0.452 e. The van der Waals surface area contributed by atoms with Crippen molar-refractivity contribution in [3.8, 4) is 6.07 Å². The molecule has 1 aromatic heterocycles. The highest BCUT2D eigenvalue weighted by Crippen LogP contribution is 2.30. The highest BCUT2D eigenvalue weighted by molar-refractivity contribution is 5.95. The van der Waals surface area contributed by atoms with Gasteiger partial charge in [-0.15, -0.1) is 0 Å². The monoisotopic (exact) mass is 446 g/mol. The van der Waals surface area contributed by atoms with Gasteiger partial charge >= 0.3 is 12.1 Å². The zero-order valence-electron chi connectivity index (χ0n) is 17.2. The molecule has 1 N–H and O–H groups in total. The van der Waals surface area contributed by atoms with E-state index in [-0.39, 0.29) is 0 Å². The molecule has 168 valence electrons. The van der Waals surface area contributed by atoms with Crippen LogP contribution in [-0.2, 0) is 20.5 Å². The normalized spacial score (nSPS) is 15.5. The van der Waals surface area contributed by atoms with E-state index in [4.69, 9.17) is 10.00 Å². The number of pyridine rings is 1. The van der Waals surface area contributed by atoms with Gasteiger partial charge in [-0.2, -0.15) is 18.4 Å². The van der Waals surface area contributed by atoms with Crippen LogP contribution < -0.4 is 10.2 Å². The van der Waals surface area contributed by atoms with Gasteiger partial charge in [0.25, 0.3) is 5.91 Å². The quantitative estimate of drug-likeness (QED) is 0.703. The summed E-state index contributed by atoms with van der Waals surface area (Å²) in [7, 11) is 0. The number of nitrogens with one attached hydrogen (secondary N) is 1. The zero-order valence-corrected chi connectivity index (χ0v) is 17.2. The maximum absolute atomic E-state index is 12.7. The first-order valence-electron chi connectivity index (χ1n) is 9.97. The molecule has 2 aromatic rings. The number of amides is 1. The number of esters is 1. The van der Waals surface area contributed by atoms with Crippen LogP contribution in [0.2, 0.25) is 0 Å². The second-order valence-corrected chi connectivity index (χ2v) is 7.43. The van der Waals surface area contributed by atoms with Gasteiger partial charge in [0, 0.05) is 25.0 Å². The van der Waals surface area contributed by atoms with Crippen molar-refractivity contribution in [3.05, 3.63) is 53.7 Å². The number of carbonyl (C=O) groups excluding carboxylic acids is 2. The van der Waals surface area contributed by atoms with Crippen molar-refractivity contribution in [2.75, 3.05) is 23.3 Å². The Kier molecular flexibility index (Phi) is 6.98. The Balaban J connectivity index is 1.49. The van der Waals surface area contributed by atoms with Gasteiger partial charge in [0.15, 0.2) is 6.10 Å². The van der Waals surface area contributed by atoms with Gasteiger partial charge in [0.1, 0.15) is 5.82 Å². The lowest BCUT2D eigenvalue weighted by atomic mass is 9.97. The topological polar surface area (TPSA) is 95.3 Å². The van der Waals surface area contributed by atoms with E-state index in [0.717, 1.165) is 12.3 Å². The average molecular weight is 446 g/mol. The van der Waals surface area contributed by atoms with Crippen molar-refractivity contribution in [1.82, 2.24) is 4.98 Å². The molecular formula is C22H21F3N4O3. The van der Waals surface area contributed by atoms with E-state index in [2.05, 4.69) is 10.3 Å². The highest BCUT2D eigenvalue weighted by atomic mass is 19.4. The fraction of sp³-hybridized carbons (Fsp3) is 0.364. The molecule has 1 amide bonds. The molecule has 0 spiro atoms. The van der Waals surface area contributed by atoms with Crippen molar-refractivity contribution >= 4 is 23.4 Å². The smallest absolute Gasteiger partial charge is 0.417 e. The maximum atomic E-state index is 12.7. The third kappa shape index (κ3) is 5.75. The molecule has 0 radical (unpaired) electrons. The number of nitriles is 1. The van der Waals surface area contributed by atoms with Crippen LogP contribution in [0.5, 0.6) is 0 Å². The number of piperidine rings is 1. The first-order chi connectivity index (χ1) is 15.2. The summed E-state index contributed by atoms with van der Waals surface area (Å²) in [5, 5.41) is 11.5. The number of benzene rings is 1. The number of hydrogen-bond acceptors (Lipinski definition) is 6. The van der Waals surface area contributed by atoms with Gasteiger partial charge in [0.05, 0.1) is 23.1 Å². The fourth-order valence-electron chi connectivity index (χ4n) is 3.32. The van der Waals surface area contributed by atoms with E-state index in [0.29, 0.717) is 43.0 Å². The van der Waals surface area contributed by atoms with Gasteiger partial charge < -0.3 is 15.0 Å². The summed E-state index contributed by atoms with van der Waals surface area (Å²) in [6, 6.07) is 10.6. The largest absolute Gasteiger partial charge is 0.452 e. The lowest BCUT2D eigenvalue weighted by Gasteiger charge is -2.32. The molecule has 0 saturated carbocycles. The summed E-state index contributed by atoms with van der Waals surface area (Å²) in [6.07, 6.45) is -3.81. The number of halogens is 3. The van der Waals surface area contributed by atoms with Crippen molar-refractivity contribution in [3.63, 3.8) is 0 Å². The Morgan fingerprint density at radius 1 is 1.25 bits per heavy atom. The predicted octanol–water partition coefficient (Wildman–Crippen LogP) is 3.76. The van der Waals surface area contributed by atoms with E-state index in [1.54, 1.807) is 18.2 Å². The molecule has 0 unspecified atom stereocenters. The van der Waals surface area contributed by atoms with E-state index < -0.39 is 35.6 Å². The Morgan fingerprint density at radius 2 is 1.97 bits per heavy atom.